The topological polar surface area (TPSA) is 41.5 Å². The molecule has 0 aromatic rings. The Morgan fingerprint density at radius 1 is 1.15 bits per heavy atom. The van der Waals surface area contributed by atoms with E-state index in [9.17, 15) is 4.57 Å². The largest absolute Gasteiger partial charge is 0.365 e. The zero-order valence-corrected chi connectivity index (χ0v) is 12.1. The van der Waals surface area contributed by atoms with Gasteiger partial charge < -0.3 is 0 Å². The molecule has 0 amide bonds. The lowest BCUT2D eigenvalue weighted by Gasteiger charge is -2.24. The van der Waals surface area contributed by atoms with Crippen molar-refractivity contribution in [3.8, 4) is 0 Å². The summed E-state index contributed by atoms with van der Waals surface area (Å²) in [6.45, 7) is 5.53. The zero-order valence-electron chi connectivity index (χ0n) is 7.26. The molecule has 0 aliphatic rings. The van der Waals surface area contributed by atoms with Crippen molar-refractivity contribution >= 4 is 56.9 Å². The monoisotopic (exact) mass is 304 g/mol. The van der Waals surface area contributed by atoms with Gasteiger partial charge in [0.25, 0.3) is 0 Å². The first-order valence-electron chi connectivity index (χ1n) is 3.23. The zero-order chi connectivity index (χ0) is 10.9. The minimum Gasteiger partial charge on any atom is -0.262 e. The van der Waals surface area contributed by atoms with Crippen LogP contribution in [0.15, 0.2) is 4.52 Å². The summed E-state index contributed by atoms with van der Waals surface area (Å²) >= 11 is 22.0. The van der Waals surface area contributed by atoms with Crippen LogP contribution in [0.5, 0.6) is 0 Å². The molecule has 0 rings (SSSR count). The molecule has 0 saturated carbocycles. The van der Waals surface area contributed by atoms with Gasteiger partial charge in [0.1, 0.15) is 0 Å². The molecule has 0 bridgehead atoms. The van der Waals surface area contributed by atoms with Gasteiger partial charge in [-0.15, -0.1) is 0 Å². The van der Waals surface area contributed by atoms with Crippen LogP contribution in [0, 0.1) is 0 Å². The fourth-order valence-electron chi connectivity index (χ4n) is 0.557. The summed E-state index contributed by atoms with van der Waals surface area (Å²) in [6, 6.07) is 0. The van der Waals surface area contributed by atoms with Crippen molar-refractivity contribution in [1.82, 2.24) is 5.09 Å². The van der Waals surface area contributed by atoms with Crippen molar-refractivity contribution in [2.45, 2.75) is 26.3 Å². The minimum absolute atomic E-state index is 0.344. The van der Waals surface area contributed by atoms with E-state index < -0.39 is 11.9 Å². The highest BCUT2D eigenvalue weighted by atomic mass is 35.9. The molecule has 0 aliphatic heterocycles. The third-order valence-corrected chi connectivity index (χ3v) is 6.30. The first-order valence-corrected chi connectivity index (χ1v) is 10.3. The maximum absolute atomic E-state index is 10.9. The Morgan fingerprint density at radius 3 is 1.77 bits per heavy atom. The third kappa shape index (κ3) is 9.87. The SMILES string of the molecule is CC(C)(C)NP(Cl)(Cl)=NP(=O)(Cl)Cl. The minimum atomic E-state index is -3.58. The lowest BCUT2D eigenvalue weighted by atomic mass is 10.1. The summed E-state index contributed by atoms with van der Waals surface area (Å²) < 4.78 is 14.3. The van der Waals surface area contributed by atoms with Gasteiger partial charge in [-0.3, -0.25) is 9.65 Å². The van der Waals surface area contributed by atoms with Crippen molar-refractivity contribution < 1.29 is 4.57 Å². The Labute approximate surface area is 97.2 Å². The van der Waals surface area contributed by atoms with Gasteiger partial charge in [-0.1, -0.05) is 0 Å². The third-order valence-electron chi connectivity index (χ3n) is 0.686. The molecule has 0 atom stereocenters. The molecule has 0 unspecified atom stereocenters. The summed E-state index contributed by atoms with van der Waals surface area (Å²) in [5.41, 5.74) is -0.344. The highest BCUT2D eigenvalue weighted by Crippen LogP contribution is 2.71. The molecular weight excluding hydrogens is 296 g/mol. The number of halogens is 4. The van der Waals surface area contributed by atoms with E-state index >= 15 is 0 Å². The smallest absolute Gasteiger partial charge is 0.262 e. The predicted octanol–water partition coefficient (Wildman–Crippen LogP) is 5.38. The van der Waals surface area contributed by atoms with E-state index in [1.54, 1.807) is 0 Å². The molecule has 3 nitrogen and oxygen atoms in total. The summed E-state index contributed by atoms with van der Waals surface area (Å²) in [6.07, 6.45) is 0. The Morgan fingerprint density at radius 2 is 1.54 bits per heavy atom. The second-order valence-electron chi connectivity index (χ2n) is 3.37. The van der Waals surface area contributed by atoms with Crippen LogP contribution in [-0.4, -0.2) is 5.54 Å². The van der Waals surface area contributed by atoms with Gasteiger partial charge in [-0.25, -0.2) is 0 Å². The van der Waals surface area contributed by atoms with Gasteiger partial charge in [0.05, 0.1) is 0 Å². The second kappa shape index (κ2) is 4.61. The molecule has 0 aliphatic carbocycles. The Bertz CT molecular complexity index is 274. The maximum Gasteiger partial charge on any atom is 0.365 e. The molecule has 0 fully saturated rings. The molecule has 0 saturated heterocycles. The van der Waals surface area contributed by atoms with Gasteiger partial charge in [-0.2, -0.15) is 4.52 Å². The van der Waals surface area contributed by atoms with Crippen molar-refractivity contribution in [1.29, 1.82) is 0 Å². The highest BCUT2D eigenvalue weighted by molar-refractivity contribution is 8.16. The van der Waals surface area contributed by atoms with E-state index in [0.717, 1.165) is 0 Å². The molecule has 0 radical (unpaired) electrons. The molecule has 0 aromatic heterocycles. The number of hydrogen-bond donors (Lipinski definition) is 1. The fourth-order valence-corrected chi connectivity index (χ4v) is 8.90. The molecule has 0 aromatic carbocycles. The Balaban J connectivity index is 4.79. The van der Waals surface area contributed by atoms with Crippen molar-refractivity contribution in [2.24, 2.45) is 4.52 Å². The number of hydrogen-bond acceptors (Lipinski definition) is 1. The van der Waals surface area contributed by atoms with Crippen LogP contribution < -0.4 is 5.09 Å². The molecule has 0 spiro atoms. The number of rotatable bonds is 2. The molecule has 13 heavy (non-hydrogen) atoms. The van der Waals surface area contributed by atoms with Crippen LogP contribution in [0.3, 0.4) is 0 Å². The standard InChI is InChI=1S/C4H10Cl4N2OP2/c1-4(2,3)9-12(5,6)10-13(7,8)11/h9H,1-3H3. The van der Waals surface area contributed by atoms with Crippen LogP contribution in [0.25, 0.3) is 0 Å². The van der Waals surface area contributed by atoms with E-state index in [-0.39, 0.29) is 5.54 Å². The quantitative estimate of drug-likeness (QED) is 0.695. The Hall–Kier alpha value is 1.58. The predicted molar refractivity (Wildman–Crippen MR) is 63.3 cm³/mol. The number of nitrogens with one attached hydrogen (secondary N) is 1. The van der Waals surface area contributed by atoms with Crippen molar-refractivity contribution in [3.05, 3.63) is 0 Å². The van der Waals surface area contributed by atoms with Crippen LogP contribution >= 0.6 is 56.9 Å². The molecule has 80 valence electrons. The maximum atomic E-state index is 10.9. The molecular formula is C4H10Cl4N2OP2. The van der Waals surface area contributed by atoms with E-state index in [4.69, 9.17) is 45.0 Å². The van der Waals surface area contributed by atoms with Crippen LogP contribution in [-0.2, 0) is 4.57 Å². The highest BCUT2D eigenvalue weighted by Gasteiger charge is 2.25. The van der Waals surface area contributed by atoms with E-state index in [1.807, 2.05) is 20.8 Å². The van der Waals surface area contributed by atoms with Crippen molar-refractivity contribution in [2.75, 3.05) is 0 Å². The first-order chi connectivity index (χ1) is 5.41. The van der Waals surface area contributed by atoms with Gasteiger partial charge in [-0.05, 0) is 65.7 Å². The Kier molecular flexibility index (Phi) is 5.18. The van der Waals surface area contributed by atoms with Gasteiger partial charge in [0.15, 0.2) is 0 Å². The van der Waals surface area contributed by atoms with Crippen molar-refractivity contribution in [3.63, 3.8) is 0 Å². The number of nitrogens with zero attached hydrogens (tertiary/aromatic N) is 1. The fraction of sp³-hybridized carbons (Fsp3) is 1.00. The van der Waals surface area contributed by atoms with Crippen LogP contribution in [0.2, 0.25) is 0 Å². The average molecular weight is 306 g/mol. The average Bonchev–Trinajstić information content (AvgIpc) is 1.43. The summed E-state index contributed by atoms with van der Waals surface area (Å²) in [5, 5.41) is 2.79. The van der Waals surface area contributed by atoms with Gasteiger partial charge in [0, 0.05) is 5.54 Å². The lowest BCUT2D eigenvalue weighted by Crippen LogP contribution is -2.30. The van der Waals surface area contributed by atoms with Crippen LogP contribution in [0.4, 0.5) is 0 Å². The summed E-state index contributed by atoms with van der Waals surface area (Å²) in [7, 11) is 0. The normalized spacial score (nSPS) is 14.4. The van der Waals surface area contributed by atoms with Gasteiger partial charge in [0.2, 0.25) is 5.91 Å². The van der Waals surface area contributed by atoms with E-state index in [2.05, 4.69) is 9.60 Å². The van der Waals surface area contributed by atoms with Gasteiger partial charge >= 0.3 is 6.00 Å². The van der Waals surface area contributed by atoms with Crippen LogP contribution in [0.1, 0.15) is 20.8 Å². The second-order valence-corrected chi connectivity index (χ2v) is 12.9. The first kappa shape index (κ1) is 14.6. The van der Waals surface area contributed by atoms with E-state index in [0.29, 0.717) is 0 Å². The van der Waals surface area contributed by atoms with E-state index in [1.165, 1.54) is 0 Å². The summed E-state index contributed by atoms with van der Waals surface area (Å²) in [5.74, 6) is -6.47. The molecule has 0 heterocycles. The lowest BCUT2D eigenvalue weighted by molar-refractivity contribution is 0.531. The summed E-state index contributed by atoms with van der Waals surface area (Å²) in [4.78, 5) is 0. The molecule has 1 N–H and O–H groups in total. The molecule has 9 heteroatoms.